The van der Waals surface area contributed by atoms with Crippen molar-refractivity contribution in [1.82, 2.24) is 9.78 Å². The van der Waals surface area contributed by atoms with E-state index in [1.807, 2.05) is 23.5 Å². The maximum Gasteiger partial charge on any atom is 0.0624 e. The minimum Gasteiger partial charge on any atom is -0.327 e. The van der Waals surface area contributed by atoms with Gasteiger partial charge in [0.05, 0.1) is 5.69 Å². The number of thioether (sulfide) groups is 1. The molecule has 0 amide bonds. The second-order valence-electron chi connectivity index (χ2n) is 4.62. The van der Waals surface area contributed by atoms with Crippen LogP contribution in [0.1, 0.15) is 38.6 Å². The zero-order chi connectivity index (χ0) is 12.8. The highest BCUT2D eigenvalue weighted by molar-refractivity contribution is 7.99. The number of aromatic nitrogens is 2. The van der Waals surface area contributed by atoms with Gasteiger partial charge < -0.3 is 5.73 Å². The van der Waals surface area contributed by atoms with E-state index in [-0.39, 0.29) is 6.04 Å². The maximum absolute atomic E-state index is 6.17. The van der Waals surface area contributed by atoms with Gasteiger partial charge in [0.2, 0.25) is 0 Å². The molecule has 2 N–H and O–H groups in total. The molecule has 0 aliphatic carbocycles. The van der Waals surface area contributed by atoms with Gasteiger partial charge in [-0.2, -0.15) is 16.9 Å². The lowest BCUT2D eigenvalue weighted by Gasteiger charge is -2.14. The molecule has 0 spiro atoms. The van der Waals surface area contributed by atoms with Crippen LogP contribution in [0, 0.1) is 0 Å². The predicted octanol–water partition coefficient (Wildman–Crippen LogP) is 2.38. The lowest BCUT2D eigenvalue weighted by molar-refractivity contribution is 0.650. The molecule has 0 saturated carbocycles. The normalized spacial score (nSPS) is 14.9. The third-order valence-corrected chi connectivity index (χ3v) is 4.55. The second-order valence-corrected chi connectivity index (χ2v) is 6.09. The monoisotopic (exact) mass is 255 g/mol. The number of aryl methyl sites for hydroxylation is 2. The standard InChI is InChI=1S/C13H25N3S/c1-5-10(3)17-9-11(14)7-13-8-12(6-2)15-16(13)4/h8,10-11H,5-7,9,14H2,1-4H3. The van der Waals surface area contributed by atoms with Gasteiger partial charge in [-0.25, -0.2) is 0 Å². The van der Waals surface area contributed by atoms with Crippen molar-refractivity contribution in [1.29, 1.82) is 0 Å². The number of hydrogen-bond acceptors (Lipinski definition) is 3. The summed E-state index contributed by atoms with van der Waals surface area (Å²) in [6, 6.07) is 2.41. The van der Waals surface area contributed by atoms with E-state index in [4.69, 9.17) is 5.73 Å². The molecule has 1 heterocycles. The van der Waals surface area contributed by atoms with Crippen molar-refractivity contribution in [3.63, 3.8) is 0 Å². The predicted molar refractivity (Wildman–Crippen MR) is 76.5 cm³/mol. The van der Waals surface area contributed by atoms with Crippen LogP contribution < -0.4 is 5.73 Å². The first-order valence-electron chi connectivity index (χ1n) is 6.45. The fourth-order valence-corrected chi connectivity index (χ4v) is 2.60. The van der Waals surface area contributed by atoms with Crippen LogP contribution in [0.15, 0.2) is 6.07 Å². The minimum atomic E-state index is 0.231. The van der Waals surface area contributed by atoms with E-state index in [0.29, 0.717) is 5.25 Å². The quantitative estimate of drug-likeness (QED) is 0.813. The van der Waals surface area contributed by atoms with Crippen LogP contribution in [0.4, 0.5) is 0 Å². The summed E-state index contributed by atoms with van der Waals surface area (Å²) in [7, 11) is 2.00. The Balaban J connectivity index is 2.44. The SMILES string of the molecule is CCc1cc(CC(N)CSC(C)CC)n(C)n1. The third kappa shape index (κ3) is 4.72. The molecule has 0 radical (unpaired) electrons. The van der Waals surface area contributed by atoms with Crippen LogP contribution in [0.2, 0.25) is 0 Å². The Hall–Kier alpha value is -0.480. The maximum atomic E-state index is 6.17. The molecule has 2 atom stereocenters. The fourth-order valence-electron chi connectivity index (χ4n) is 1.67. The van der Waals surface area contributed by atoms with Crippen molar-refractivity contribution in [2.75, 3.05) is 5.75 Å². The average molecular weight is 255 g/mol. The lowest BCUT2D eigenvalue weighted by Crippen LogP contribution is -2.27. The van der Waals surface area contributed by atoms with Gasteiger partial charge in [0.25, 0.3) is 0 Å². The van der Waals surface area contributed by atoms with Crippen molar-refractivity contribution in [3.8, 4) is 0 Å². The van der Waals surface area contributed by atoms with E-state index in [1.54, 1.807) is 0 Å². The van der Waals surface area contributed by atoms with Crippen LogP contribution >= 0.6 is 11.8 Å². The van der Waals surface area contributed by atoms with Gasteiger partial charge in [0, 0.05) is 36.2 Å². The smallest absolute Gasteiger partial charge is 0.0624 e. The van der Waals surface area contributed by atoms with E-state index in [2.05, 4.69) is 31.9 Å². The molecule has 17 heavy (non-hydrogen) atoms. The van der Waals surface area contributed by atoms with E-state index < -0.39 is 0 Å². The molecule has 0 fully saturated rings. The Kier molecular flexibility index (Phi) is 6.06. The van der Waals surface area contributed by atoms with Gasteiger partial charge in [-0.05, 0) is 18.9 Å². The first-order valence-corrected chi connectivity index (χ1v) is 7.50. The molecule has 3 nitrogen and oxygen atoms in total. The third-order valence-electron chi connectivity index (χ3n) is 3.03. The Morgan fingerprint density at radius 2 is 2.18 bits per heavy atom. The fraction of sp³-hybridized carbons (Fsp3) is 0.769. The summed E-state index contributed by atoms with van der Waals surface area (Å²) in [6.07, 6.45) is 3.13. The van der Waals surface area contributed by atoms with Gasteiger partial charge in [-0.1, -0.05) is 20.8 Å². The highest BCUT2D eigenvalue weighted by Gasteiger charge is 2.10. The van der Waals surface area contributed by atoms with E-state index in [1.165, 1.54) is 12.1 Å². The molecule has 0 aliphatic rings. The zero-order valence-corrected chi connectivity index (χ0v) is 12.3. The van der Waals surface area contributed by atoms with Crippen LogP contribution in [-0.2, 0) is 19.9 Å². The summed E-state index contributed by atoms with van der Waals surface area (Å²) >= 11 is 1.97. The zero-order valence-electron chi connectivity index (χ0n) is 11.4. The highest BCUT2D eigenvalue weighted by Crippen LogP contribution is 2.16. The summed E-state index contributed by atoms with van der Waals surface area (Å²) < 4.78 is 1.96. The van der Waals surface area contributed by atoms with Crippen LogP contribution in [0.5, 0.6) is 0 Å². The Morgan fingerprint density at radius 3 is 2.71 bits per heavy atom. The van der Waals surface area contributed by atoms with E-state index >= 15 is 0 Å². The first kappa shape index (κ1) is 14.6. The highest BCUT2D eigenvalue weighted by atomic mass is 32.2. The molecule has 1 aromatic heterocycles. The van der Waals surface area contributed by atoms with Crippen molar-refractivity contribution >= 4 is 11.8 Å². The van der Waals surface area contributed by atoms with E-state index in [0.717, 1.165) is 24.3 Å². The summed E-state index contributed by atoms with van der Waals surface area (Å²) in [4.78, 5) is 0. The molecule has 1 aromatic rings. The molecule has 2 unspecified atom stereocenters. The molecule has 4 heteroatoms. The average Bonchev–Trinajstić information content (AvgIpc) is 2.67. The van der Waals surface area contributed by atoms with Crippen LogP contribution in [0.3, 0.4) is 0 Å². The van der Waals surface area contributed by atoms with E-state index in [9.17, 15) is 0 Å². The molecular weight excluding hydrogens is 230 g/mol. The Bertz CT molecular complexity index is 335. The number of rotatable bonds is 7. The Labute approximate surface area is 109 Å². The number of hydrogen-bond donors (Lipinski definition) is 1. The van der Waals surface area contributed by atoms with Gasteiger partial charge in [-0.15, -0.1) is 0 Å². The van der Waals surface area contributed by atoms with Crippen LogP contribution in [0.25, 0.3) is 0 Å². The molecule has 1 rings (SSSR count). The van der Waals surface area contributed by atoms with Crippen molar-refractivity contribution in [2.24, 2.45) is 12.8 Å². The molecule has 0 aliphatic heterocycles. The summed E-state index contributed by atoms with van der Waals surface area (Å²) in [5.74, 6) is 1.03. The molecule has 0 aromatic carbocycles. The summed E-state index contributed by atoms with van der Waals surface area (Å²) in [6.45, 7) is 6.61. The van der Waals surface area contributed by atoms with Crippen LogP contribution in [-0.4, -0.2) is 26.8 Å². The summed E-state index contributed by atoms with van der Waals surface area (Å²) in [5, 5.41) is 5.16. The Morgan fingerprint density at radius 1 is 1.47 bits per heavy atom. The van der Waals surface area contributed by atoms with Gasteiger partial charge in [-0.3, -0.25) is 4.68 Å². The van der Waals surface area contributed by atoms with Crippen molar-refractivity contribution < 1.29 is 0 Å². The molecule has 0 bridgehead atoms. The van der Waals surface area contributed by atoms with Gasteiger partial charge in [0.1, 0.15) is 0 Å². The molecule has 98 valence electrons. The number of nitrogens with zero attached hydrogens (tertiary/aromatic N) is 2. The number of nitrogens with two attached hydrogens (primary N) is 1. The lowest BCUT2D eigenvalue weighted by atomic mass is 10.2. The molecule has 0 saturated heterocycles. The topological polar surface area (TPSA) is 43.8 Å². The minimum absolute atomic E-state index is 0.231. The second kappa shape index (κ2) is 7.07. The van der Waals surface area contributed by atoms with Crippen molar-refractivity contribution in [3.05, 3.63) is 17.5 Å². The van der Waals surface area contributed by atoms with Gasteiger partial charge >= 0.3 is 0 Å². The summed E-state index contributed by atoms with van der Waals surface area (Å²) in [5.41, 5.74) is 8.57. The first-order chi connectivity index (χ1) is 8.06. The van der Waals surface area contributed by atoms with Gasteiger partial charge in [0.15, 0.2) is 0 Å². The van der Waals surface area contributed by atoms with Crippen molar-refractivity contribution in [2.45, 2.75) is 51.3 Å². The largest absolute Gasteiger partial charge is 0.327 e. The molecular formula is C13H25N3S.